The predicted octanol–water partition coefficient (Wildman–Crippen LogP) is 2.19. The van der Waals surface area contributed by atoms with Crippen molar-refractivity contribution in [3.05, 3.63) is 0 Å². The van der Waals surface area contributed by atoms with Gasteiger partial charge in [0.2, 0.25) is 0 Å². The van der Waals surface area contributed by atoms with Gasteiger partial charge in [-0.3, -0.25) is 0 Å². The van der Waals surface area contributed by atoms with E-state index in [4.69, 9.17) is 0 Å². The highest BCUT2D eigenvalue weighted by Crippen LogP contribution is 2.04. The second-order valence-electron chi connectivity index (χ2n) is 5.07. The Morgan fingerprint density at radius 2 is 0.905 bits per heavy atom. The van der Waals surface area contributed by atoms with Crippen LogP contribution in [0.3, 0.4) is 0 Å². The van der Waals surface area contributed by atoms with Gasteiger partial charge < -0.3 is 19.8 Å². The molecule has 0 rings (SSSR count). The fourth-order valence-corrected chi connectivity index (χ4v) is 1.75. The third kappa shape index (κ3) is 32.6. The van der Waals surface area contributed by atoms with E-state index in [0.29, 0.717) is 0 Å². The van der Waals surface area contributed by atoms with E-state index in [1.165, 1.54) is 25.7 Å². The Morgan fingerprint density at radius 3 is 1.14 bits per heavy atom. The molecule has 21 heavy (non-hydrogen) atoms. The molecule has 5 heteroatoms. The van der Waals surface area contributed by atoms with Gasteiger partial charge in [0.05, 0.1) is 0 Å². The zero-order chi connectivity index (χ0) is 15.6. The molecule has 0 atom stereocenters. The normalized spacial score (nSPS) is 9.24. The molecule has 0 aromatic rings. The van der Waals surface area contributed by atoms with Gasteiger partial charge in [-0.2, -0.15) is 0 Å². The number of aliphatic carboxylic acids is 2. The molecule has 0 aromatic carbocycles. The average molecular weight is 318 g/mol. The lowest BCUT2D eigenvalue weighted by molar-refractivity contribution is -0.307. The van der Waals surface area contributed by atoms with Gasteiger partial charge in [0.1, 0.15) is 0 Å². The summed E-state index contributed by atoms with van der Waals surface area (Å²) in [6.07, 6.45) is 11.2. The van der Waals surface area contributed by atoms with Crippen LogP contribution in [0, 0.1) is 0 Å². The Labute approximate surface area is 136 Å². The van der Waals surface area contributed by atoms with E-state index in [0.717, 1.165) is 38.5 Å². The summed E-state index contributed by atoms with van der Waals surface area (Å²) in [6.45, 7) is 4.28. The molecule has 0 unspecified atom stereocenters. The predicted molar refractivity (Wildman–Crippen MR) is 84.1 cm³/mol. The van der Waals surface area contributed by atoms with Crippen molar-refractivity contribution in [2.24, 2.45) is 0 Å². The smallest absolute Gasteiger partial charge is 0.550 e. The summed E-state index contributed by atoms with van der Waals surface area (Å²) in [5.41, 5.74) is 0. The first kappa shape index (κ1) is 25.3. The van der Waals surface area contributed by atoms with Gasteiger partial charge in [-0.05, 0) is 25.7 Å². The number of carboxylic acids is 2. The molecule has 0 aliphatic rings. The molecule has 0 aliphatic carbocycles. The molecule has 0 fully saturated rings. The van der Waals surface area contributed by atoms with Gasteiger partial charge in [-0.15, -0.1) is 0 Å². The molecule has 0 N–H and O–H groups in total. The minimum atomic E-state index is -0.920. The van der Waals surface area contributed by atoms with Crippen LogP contribution >= 0.6 is 0 Å². The van der Waals surface area contributed by atoms with Crippen molar-refractivity contribution >= 4 is 25.4 Å². The van der Waals surface area contributed by atoms with Crippen molar-refractivity contribution in [1.29, 1.82) is 0 Å². The lowest BCUT2D eigenvalue weighted by Crippen LogP contribution is -2.21. The van der Waals surface area contributed by atoms with E-state index in [1.807, 2.05) is 0 Å². The van der Waals surface area contributed by atoms with Crippen molar-refractivity contribution < 1.29 is 19.8 Å². The number of rotatable bonds is 12. The molecular formula is C16H30O4S. The molecule has 0 bridgehead atoms. The first-order valence-corrected chi connectivity index (χ1v) is 7.94. The van der Waals surface area contributed by atoms with Crippen molar-refractivity contribution in [2.45, 2.75) is 90.9 Å². The monoisotopic (exact) mass is 318 g/mol. The Hall–Kier alpha value is -0.710. The van der Waals surface area contributed by atoms with E-state index in [2.05, 4.69) is 13.8 Å². The molecule has 124 valence electrons. The van der Waals surface area contributed by atoms with Crippen LogP contribution in [-0.2, 0) is 23.1 Å². The number of carboxylic acid groups (broad SMARTS) is 2. The van der Waals surface area contributed by atoms with Gasteiger partial charge in [0, 0.05) is 11.9 Å². The average Bonchev–Trinajstić information content (AvgIpc) is 2.38. The highest BCUT2D eigenvalue weighted by Gasteiger charge is 2.00. The lowest BCUT2D eigenvalue weighted by Gasteiger charge is -2.00. The molecular weight excluding hydrogens is 288 g/mol. The largest absolute Gasteiger partial charge is 2.00 e. The summed E-state index contributed by atoms with van der Waals surface area (Å²) >= 11 is 0. The first-order valence-electron chi connectivity index (χ1n) is 7.94. The van der Waals surface area contributed by atoms with E-state index >= 15 is 0 Å². The molecule has 0 amide bonds. The molecule has 0 heterocycles. The van der Waals surface area contributed by atoms with Gasteiger partial charge in [-0.25, -0.2) is 0 Å². The van der Waals surface area contributed by atoms with Crippen LogP contribution in [0.15, 0.2) is 0 Å². The maximum Gasteiger partial charge on any atom is 2.00 e. The van der Waals surface area contributed by atoms with E-state index in [9.17, 15) is 19.8 Å². The van der Waals surface area contributed by atoms with E-state index < -0.39 is 11.9 Å². The van der Waals surface area contributed by atoms with Crippen LogP contribution < -0.4 is 10.2 Å². The number of hydrogen-bond acceptors (Lipinski definition) is 4. The highest BCUT2D eigenvalue weighted by molar-refractivity contribution is 7.37. The van der Waals surface area contributed by atoms with Crippen molar-refractivity contribution in [1.82, 2.24) is 0 Å². The maximum absolute atomic E-state index is 9.92. The number of carbonyl (C=O) groups excluding carboxylic acids is 2. The van der Waals surface area contributed by atoms with Crippen LogP contribution in [0.5, 0.6) is 0 Å². The maximum atomic E-state index is 9.92. The third-order valence-electron chi connectivity index (χ3n) is 2.97. The minimum Gasteiger partial charge on any atom is -0.550 e. The molecule has 0 saturated carbocycles. The van der Waals surface area contributed by atoms with Gasteiger partial charge in [0.25, 0.3) is 0 Å². The number of hydrogen-bond donors (Lipinski definition) is 0. The molecule has 0 aliphatic heterocycles. The zero-order valence-electron chi connectivity index (χ0n) is 13.5. The standard InChI is InChI=1S/2C8H16O2.S/c2*1-2-3-4-5-6-7-8(9)10;/h2*2-7H2,1H3,(H,9,10);/q;;+2/p-2. The van der Waals surface area contributed by atoms with Crippen LogP contribution in [0.4, 0.5) is 0 Å². The second-order valence-corrected chi connectivity index (χ2v) is 5.07. The number of unbranched alkanes of at least 4 members (excludes halogenated alkanes) is 8. The van der Waals surface area contributed by atoms with Crippen molar-refractivity contribution in [2.75, 3.05) is 0 Å². The Morgan fingerprint density at radius 1 is 0.619 bits per heavy atom. The van der Waals surface area contributed by atoms with Crippen LogP contribution in [0.25, 0.3) is 0 Å². The van der Waals surface area contributed by atoms with E-state index in [-0.39, 0.29) is 26.3 Å². The minimum absolute atomic E-state index is 0. The summed E-state index contributed by atoms with van der Waals surface area (Å²) in [5.74, 6) is -1.84. The Bertz CT molecular complexity index is 208. The Kier molecular flexibility index (Phi) is 26.0. The summed E-state index contributed by atoms with van der Waals surface area (Å²) in [5, 5.41) is 19.8. The van der Waals surface area contributed by atoms with Gasteiger partial charge >= 0.3 is 13.5 Å². The van der Waals surface area contributed by atoms with Gasteiger partial charge in [0.15, 0.2) is 0 Å². The zero-order valence-corrected chi connectivity index (χ0v) is 14.3. The molecule has 4 nitrogen and oxygen atoms in total. The van der Waals surface area contributed by atoms with Crippen LogP contribution in [-0.4, -0.2) is 11.9 Å². The second kappa shape index (κ2) is 21.6. The van der Waals surface area contributed by atoms with Crippen LogP contribution in [0.2, 0.25) is 0 Å². The molecule has 4 radical (unpaired) electrons. The van der Waals surface area contributed by atoms with Crippen LogP contribution in [0.1, 0.15) is 90.9 Å². The summed E-state index contributed by atoms with van der Waals surface area (Å²) < 4.78 is 0. The fraction of sp³-hybridized carbons (Fsp3) is 0.875. The lowest BCUT2D eigenvalue weighted by atomic mass is 10.1. The van der Waals surface area contributed by atoms with Gasteiger partial charge in [-0.1, -0.05) is 65.2 Å². The van der Waals surface area contributed by atoms with Crippen molar-refractivity contribution in [3.63, 3.8) is 0 Å². The van der Waals surface area contributed by atoms with E-state index in [1.54, 1.807) is 0 Å². The fourth-order valence-electron chi connectivity index (χ4n) is 1.75. The summed E-state index contributed by atoms with van der Waals surface area (Å²) in [7, 11) is 0. The molecule has 0 aromatic heterocycles. The molecule has 0 saturated heterocycles. The topological polar surface area (TPSA) is 80.3 Å². The summed E-state index contributed by atoms with van der Waals surface area (Å²) in [6, 6.07) is 0. The first-order chi connectivity index (χ1) is 9.54. The van der Waals surface area contributed by atoms with Crippen molar-refractivity contribution in [3.8, 4) is 0 Å². The summed E-state index contributed by atoms with van der Waals surface area (Å²) in [4.78, 5) is 19.8. The third-order valence-corrected chi connectivity index (χ3v) is 2.97. The quantitative estimate of drug-likeness (QED) is 0.517. The SMILES string of the molecule is CCCCCCCC(=O)[O-].CCCCCCCC(=O)[O-].[S+2]. The molecule has 0 spiro atoms. The highest BCUT2D eigenvalue weighted by atomic mass is 32.1. The number of carbonyl (C=O) groups is 2. The Balaban J connectivity index is -0.000000295.